The van der Waals surface area contributed by atoms with Crippen molar-refractivity contribution in [2.75, 3.05) is 20.3 Å². The molecule has 0 aliphatic heterocycles. The lowest BCUT2D eigenvalue weighted by Crippen LogP contribution is -2.09. The molecule has 0 fully saturated rings. The molecular weight excluding hydrogens is 364 g/mol. The third-order valence-corrected chi connectivity index (χ3v) is 3.78. The van der Waals surface area contributed by atoms with E-state index in [4.69, 9.17) is 4.74 Å². The summed E-state index contributed by atoms with van der Waals surface area (Å²) < 4.78 is 10.3. The Morgan fingerprint density at radius 3 is 2.48 bits per heavy atom. The van der Waals surface area contributed by atoms with Crippen LogP contribution in [0.5, 0.6) is 5.75 Å². The predicted molar refractivity (Wildman–Crippen MR) is 122 cm³/mol. The first-order valence-electron chi connectivity index (χ1n) is 10.2. The van der Waals surface area contributed by atoms with Crippen LogP contribution in [0.15, 0.2) is 65.8 Å². The van der Waals surface area contributed by atoms with Gasteiger partial charge in [0.1, 0.15) is 5.75 Å². The Bertz CT molecular complexity index is 674. The van der Waals surface area contributed by atoms with Gasteiger partial charge in [-0.3, -0.25) is 0 Å². The minimum absolute atomic E-state index is 0.376. The maximum atomic E-state index is 11.4. The average Bonchev–Trinajstić information content (AvgIpc) is 2.77. The van der Waals surface area contributed by atoms with Crippen molar-refractivity contribution in [1.82, 2.24) is 5.43 Å². The summed E-state index contributed by atoms with van der Waals surface area (Å²) >= 11 is 0. The second kappa shape index (κ2) is 17.3. The number of rotatable bonds is 12. The summed E-state index contributed by atoms with van der Waals surface area (Å²) in [6, 6.07) is 7.95. The van der Waals surface area contributed by atoms with Crippen LogP contribution in [0.1, 0.15) is 52.5 Å². The van der Waals surface area contributed by atoms with Crippen molar-refractivity contribution in [3.05, 3.63) is 66.3 Å². The molecular formula is C24H36N2O3. The van der Waals surface area contributed by atoms with Crippen molar-refractivity contribution in [3.63, 3.8) is 0 Å². The Morgan fingerprint density at radius 2 is 1.90 bits per heavy atom. The lowest BCUT2D eigenvalue weighted by molar-refractivity contribution is -0.135. The van der Waals surface area contributed by atoms with Crippen molar-refractivity contribution in [2.45, 2.75) is 47.0 Å². The smallest absolute Gasteiger partial charge is 0.337 e. The van der Waals surface area contributed by atoms with E-state index in [1.54, 1.807) is 6.08 Å². The molecule has 160 valence electrons. The summed E-state index contributed by atoms with van der Waals surface area (Å²) in [5, 5.41) is 4.36. The van der Waals surface area contributed by atoms with Crippen LogP contribution in [0.3, 0.4) is 0 Å². The van der Waals surface area contributed by atoms with Gasteiger partial charge in [0.15, 0.2) is 0 Å². The molecule has 0 spiro atoms. The third kappa shape index (κ3) is 11.6. The minimum atomic E-state index is -0.376. The van der Waals surface area contributed by atoms with Crippen molar-refractivity contribution < 1.29 is 14.3 Å². The number of benzene rings is 1. The quantitative estimate of drug-likeness (QED) is 0.0966. The van der Waals surface area contributed by atoms with Crippen LogP contribution in [0, 0.1) is 0 Å². The van der Waals surface area contributed by atoms with Gasteiger partial charge in [-0.2, -0.15) is 5.10 Å². The van der Waals surface area contributed by atoms with E-state index in [1.807, 2.05) is 57.2 Å². The fourth-order valence-electron chi connectivity index (χ4n) is 2.15. The number of ether oxygens (including phenoxy) is 2. The van der Waals surface area contributed by atoms with E-state index in [9.17, 15) is 4.79 Å². The summed E-state index contributed by atoms with van der Waals surface area (Å²) in [5.74, 6) is 0.508. The SMILES string of the molecule is C=CC(=CC/C=C/CN/N=C(\C)c1ccc(OCCCC)cc1)C(=O)OC.CC. The first-order valence-corrected chi connectivity index (χ1v) is 10.2. The van der Waals surface area contributed by atoms with Crippen LogP contribution in [0.25, 0.3) is 0 Å². The van der Waals surface area contributed by atoms with Gasteiger partial charge < -0.3 is 14.9 Å². The Morgan fingerprint density at radius 1 is 1.21 bits per heavy atom. The third-order valence-electron chi connectivity index (χ3n) is 3.78. The summed E-state index contributed by atoms with van der Waals surface area (Å²) in [6.07, 6.45) is 9.98. The number of nitrogens with zero attached hydrogens (tertiary/aromatic N) is 1. The number of allylic oxidation sites excluding steroid dienone is 2. The number of esters is 1. The molecule has 1 aromatic rings. The molecule has 5 heteroatoms. The van der Waals surface area contributed by atoms with Gasteiger partial charge in [-0.1, -0.05) is 58.1 Å². The van der Waals surface area contributed by atoms with Gasteiger partial charge in [-0.05, 0) is 49.6 Å². The normalized spacial score (nSPS) is 11.5. The van der Waals surface area contributed by atoms with Gasteiger partial charge in [0.25, 0.3) is 0 Å². The molecule has 0 atom stereocenters. The molecule has 0 amide bonds. The summed E-state index contributed by atoms with van der Waals surface area (Å²) in [5.41, 5.74) is 5.43. The zero-order valence-corrected chi connectivity index (χ0v) is 18.5. The van der Waals surface area contributed by atoms with E-state index in [2.05, 4.69) is 28.8 Å². The van der Waals surface area contributed by atoms with E-state index in [-0.39, 0.29) is 5.97 Å². The van der Waals surface area contributed by atoms with E-state index in [0.717, 1.165) is 36.5 Å². The molecule has 0 unspecified atom stereocenters. The zero-order chi connectivity index (χ0) is 21.9. The zero-order valence-electron chi connectivity index (χ0n) is 18.5. The van der Waals surface area contributed by atoms with Crippen molar-refractivity contribution in [1.29, 1.82) is 0 Å². The molecule has 0 aromatic heterocycles. The number of carbonyl (C=O) groups is 1. The van der Waals surface area contributed by atoms with Crippen molar-refractivity contribution in [3.8, 4) is 5.75 Å². The van der Waals surface area contributed by atoms with E-state index in [0.29, 0.717) is 18.5 Å². The minimum Gasteiger partial charge on any atom is -0.494 e. The maximum Gasteiger partial charge on any atom is 0.337 e. The van der Waals surface area contributed by atoms with Crippen LogP contribution in [0.4, 0.5) is 0 Å². The molecule has 0 aliphatic carbocycles. The van der Waals surface area contributed by atoms with Crippen LogP contribution in [-0.2, 0) is 9.53 Å². The second-order valence-electron chi connectivity index (χ2n) is 5.85. The highest BCUT2D eigenvalue weighted by Gasteiger charge is 2.02. The van der Waals surface area contributed by atoms with Crippen LogP contribution >= 0.6 is 0 Å². The lowest BCUT2D eigenvalue weighted by Gasteiger charge is -2.06. The Hall–Kier alpha value is -2.82. The van der Waals surface area contributed by atoms with Gasteiger partial charge in [0, 0.05) is 0 Å². The number of unbranched alkanes of at least 4 members (excludes halogenated alkanes) is 1. The second-order valence-corrected chi connectivity index (χ2v) is 5.85. The summed E-state index contributed by atoms with van der Waals surface area (Å²) in [6.45, 7) is 13.1. The molecule has 0 heterocycles. The maximum absolute atomic E-state index is 11.4. The van der Waals surface area contributed by atoms with Gasteiger partial charge in [0.2, 0.25) is 0 Å². The molecule has 1 rings (SSSR count). The monoisotopic (exact) mass is 400 g/mol. The molecule has 0 saturated carbocycles. The predicted octanol–water partition coefficient (Wildman–Crippen LogP) is 5.44. The number of methoxy groups -OCH3 is 1. The van der Waals surface area contributed by atoms with Gasteiger partial charge in [-0.15, -0.1) is 0 Å². The number of hydrazone groups is 1. The molecule has 1 N–H and O–H groups in total. The van der Waals surface area contributed by atoms with E-state index >= 15 is 0 Å². The fraction of sp³-hybridized carbons (Fsp3) is 0.417. The molecule has 0 bridgehead atoms. The number of nitrogens with one attached hydrogen (secondary N) is 1. The largest absolute Gasteiger partial charge is 0.494 e. The molecule has 0 saturated heterocycles. The first-order chi connectivity index (χ1) is 14.1. The van der Waals surface area contributed by atoms with Crippen molar-refractivity contribution in [2.24, 2.45) is 5.10 Å². The molecule has 1 aromatic carbocycles. The molecule has 29 heavy (non-hydrogen) atoms. The Kier molecular flexibility index (Phi) is 15.6. The average molecular weight is 401 g/mol. The molecule has 0 radical (unpaired) electrons. The van der Waals surface area contributed by atoms with Gasteiger partial charge >= 0.3 is 5.97 Å². The highest BCUT2D eigenvalue weighted by molar-refractivity contribution is 5.98. The summed E-state index contributed by atoms with van der Waals surface area (Å²) in [7, 11) is 1.35. The highest BCUT2D eigenvalue weighted by atomic mass is 16.5. The van der Waals surface area contributed by atoms with Crippen molar-refractivity contribution >= 4 is 11.7 Å². The van der Waals surface area contributed by atoms with Crippen LogP contribution < -0.4 is 10.2 Å². The standard InChI is InChI=1S/C22H30N2O3.C2H6/c1-5-7-17-27-21-14-12-20(13-15-21)18(3)24-23-16-10-8-9-11-19(6-2)22(25)26-4;1-2/h6,8,10-15,23H,2,5,7,9,16-17H2,1,3-4H3;1-2H3/b10-8+,19-11?,24-18+;. The highest BCUT2D eigenvalue weighted by Crippen LogP contribution is 2.13. The van der Waals surface area contributed by atoms with Crippen LogP contribution in [-0.4, -0.2) is 31.9 Å². The lowest BCUT2D eigenvalue weighted by atomic mass is 10.1. The van der Waals surface area contributed by atoms with Crippen LogP contribution in [0.2, 0.25) is 0 Å². The Balaban J connectivity index is 0.00000379. The topological polar surface area (TPSA) is 59.9 Å². The number of hydrogen-bond acceptors (Lipinski definition) is 5. The molecule has 0 aliphatic rings. The molecule has 5 nitrogen and oxygen atoms in total. The number of hydrogen-bond donors (Lipinski definition) is 1. The van der Waals surface area contributed by atoms with E-state index < -0.39 is 0 Å². The van der Waals surface area contributed by atoms with E-state index in [1.165, 1.54) is 13.2 Å². The Labute approximate surface area is 176 Å². The summed E-state index contributed by atoms with van der Waals surface area (Å²) in [4.78, 5) is 11.4. The fourth-order valence-corrected chi connectivity index (χ4v) is 2.15. The first kappa shape index (κ1) is 26.2. The van der Waals surface area contributed by atoms with Gasteiger partial charge in [0.05, 0.1) is 31.5 Å². The van der Waals surface area contributed by atoms with Gasteiger partial charge in [-0.25, -0.2) is 4.79 Å². The number of carbonyl (C=O) groups excluding carboxylic acids is 1.